The smallest absolute Gasteiger partial charge is 0.428 e. The highest BCUT2D eigenvalue weighted by Crippen LogP contribution is 2.33. The zero-order valence-corrected chi connectivity index (χ0v) is 15.5. The molecule has 0 aliphatic heterocycles. The Morgan fingerprint density at radius 3 is 1.92 bits per heavy atom. The van der Waals surface area contributed by atoms with E-state index in [1.54, 1.807) is 20.8 Å². The molecule has 1 aromatic heterocycles. The van der Waals surface area contributed by atoms with Crippen LogP contribution in [0.15, 0.2) is 48.5 Å². The average Bonchev–Trinajstić information content (AvgIpc) is 2.89. The van der Waals surface area contributed by atoms with E-state index in [0.29, 0.717) is 6.42 Å². The summed E-state index contributed by atoms with van der Waals surface area (Å²) in [6.07, 6.45) is -0.480. The minimum atomic E-state index is -0.971. The number of ether oxygens (including phenoxy) is 2. The molecule has 1 atom stereocenters. The topological polar surface area (TPSA) is 57.5 Å². The summed E-state index contributed by atoms with van der Waals surface area (Å²) in [5, 5.41) is 2.12. The predicted molar refractivity (Wildman–Crippen MR) is 101 cm³/mol. The summed E-state index contributed by atoms with van der Waals surface area (Å²) in [6, 6.07) is 15.2. The number of benzene rings is 2. The third-order valence-electron chi connectivity index (χ3n) is 4.16. The predicted octanol–water partition coefficient (Wildman–Crippen LogP) is 5.22. The number of esters is 1. The first-order valence-corrected chi connectivity index (χ1v) is 8.74. The molecule has 0 spiro atoms. The molecule has 3 aromatic rings. The number of para-hydroxylation sites is 2. The number of rotatable bonds is 3. The molecule has 0 N–H and O–H groups in total. The van der Waals surface area contributed by atoms with Gasteiger partial charge < -0.3 is 14.0 Å². The van der Waals surface area contributed by atoms with Gasteiger partial charge in [-0.1, -0.05) is 43.3 Å². The first-order valence-electron chi connectivity index (χ1n) is 8.74. The van der Waals surface area contributed by atoms with Crippen LogP contribution in [-0.4, -0.2) is 22.3 Å². The average molecular weight is 353 g/mol. The molecule has 2 aromatic carbocycles. The summed E-state index contributed by atoms with van der Waals surface area (Å²) in [5.74, 6) is -0.617. The Morgan fingerprint density at radius 2 is 1.46 bits per heavy atom. The van der Waals surface area contributed by atoms with Crippen LogP contribution in [0.5, 0.6) is 0 Å². The number of carbonyl (C=O) groups is 2. The molecule has 1 heterocycles. The molecule has 0 amide bonds. The standard InChI is InChI=1S/C21H23NO4/c1-5-16(19(23)25-20(24)26-21(2,3)4)22-17-12-8-6-10-14(17)15-11-7-9-13-18(15)22/h6-13,16H,5H2,1-4H3. The lowest BCUT2D eigenvalue weighted by molar-refractivity contribution is -0.145. The zero-order valence-electron chi connectivity index (χ0n) is 15.5. The molecule has 26 heavy (non-hydrogen) atoms. The Bertz CT molecular complexity index is 912. The molecule has 0 radical (unpaired) electrons. The van der Waals surface area contributed by atoms with Gasteiger partial charge in [-0.2, -0.15) is 0 Å². The number of hydrogen-bond acceptors (Lipinski definition) is 4. The van der Waals surface area contributed by atoms with Gasteiger partial charge in [-0.05, 0) is 39.3 Å². The van der Waals surface area contributed by atoms with Crippen LogP contribution >= 0.6 is 0 Å². The van der Waals surface area contributed by atoms with Crippen molar-refractivity contribution >= 4 is 33.9 Å². The van der Waals surface area contributed by atoms with Crippen LogP contribution in [-0.2, 0) is 14.3 Å². The number of nitrogens with zero attached hydrogens (tertiary/aromatic N) is 1. The molecule has 0 aliphatic rings. The van der Waals surface area contributed by atoms with Gasteiger partial charge in [0.15, 0.2) is 0 Å². The SMILES string of the molecule is CCC(C(=O)OC(=O)OC(C)(C)C)n1c2ccccc2c2ccccc21. The van der Waals surface area contributed by atoms with Crippen molar-refractivity contribution in [3.8, 4) is 0 Å². The van der Waals surface area contributed by atoms with Crippen molar-refractivity contribution in [2.75, 3.05) is 0 Å². The Balaban J connectivity index is 2.02. The molecule has 0 fully saturated rings. The maximum Gasteiger partial charge on any atom is 0.516 e. The zero-order chi connectivity index (χ0) is 18.9. The van der Waals surface area contributed by atoms with Crippen LogP contribution in [0.3, 0.4) is 0 Å². The van der Waals surface area contributed by atoms with Crippen LogP contribution in [0, 0.1) is 0 Å². The highest BCUT2D eigenvalue weighted by atomic mass is 16.7. The third-order valence-corrected chi connectivity index (χ3v) is 4.16. The van der Waals surface area contributed by atoms with E-state index in [4.69, 9.17) is 9.47 Å². The van der Waals surface area contributed by atoms with E-state index in [2.05, 4.69) is 0 Å². The van der Waals surface area contributed by atoms with Gasteiger partial charge in [0.05, 0.1) is 0 Å². The van der Waals surface area contributed by atoms with Crippen molar-refractivity contribution < 1.29 is 19.1 Å². The molecule has 0 saturated carbocycles. The highest BCUT2D eigenvalue weighted by molar-refractivity contribution is 6.09. The summed E-state index contributed by atoms with van der Waals surface area (Å²) < 4.78 is 12.0. The lowest BCUT2D eigenvalue weighted by atomic mass is 10.2. The molecule has 0 aliphatic carbocycles. The van der Waals surface area contributed by atoms with Crippen LogP contribution in [0.4, 0.5) is 4.79 Å². The molecule has 5 nitrogen and oxygen atoms in total. The van der Waals surface area contributed by atoms with Crippen molar-refractivity contribution in [2.45, 2.75) is 45.8 Å². The van der Waals surface area contributed by atoms with Gasteiger partial charge in [-0.3, -0.25) is 0 Å². The van der Waals surface area contributed by atoms with E-state index >= 15 is 0 Å². The maximum absolute atomic E-state index is 12.7. The second-order valence-corrected chi connectivity index (χ2v) is 7.21. The number of hydrogen-bond donors (Lipinski definition) is 0. The number of fused-ring (bicyclic) bond motifs is 3. The number of carbonyl (C=O) groups excluding carboxylic acids is 2. The molecule has 5 heteroatoms. The fourth-order valence-electron chi connectivity index (χ4n) is 3.16. The molecule has 0 saturated heterocycles. The van der Waals surface area contributed by atoms with Crippen LogP contribution in [0.25, 0.3) is 21.8 Å². The lowest BCUT2D eigenvalue weighted by Gasteiger charge is -2.21. The van der Waals surface area contributed by atoms with E-state index in [0.717, 1.165) is 21.8 Å². The third kappa shape index (κ3) is 3.43. The van der Waals surface area contributed by atoms with Gasteiger partial charge in [-0.15, -0.1) is 0 Å². The van der Waals surface area contributed by atoms with Gasteiger partial charge in [-0.25, -0.2) is 9.59 Å². The van der Waals surface area contributed by atoms with Crippen LogP contribution in [0.1, 0.15) is 40.2 Å². The van der Waals surface area contributed by atoms with Gasteiger partial charge in [0.25, 0.3) is 0 Å². The minimum absolute atomic E-state index is 0.490. The molecule has 3 rings (SSSR count). The monoisotopic (exact) mass is 353 g/mol. The first-order chi connectivity index (χ1) is 12.3. The Labute approximate surface area is 152 Å². The van der Waals surface area contributed by atoms with Gasteiger partial charge in [0, 0.05) is 21.8 Å². The highest BCUT2D eigenvalue weighted by Gasteiger charge is 2.28. The molecule has 136 valence electrons. The van der Waals surface area contributed by atoms with Crippen molar-refractivity contribution in [2.24, 2.45) is 0 Å². The normalized spacial score (nSPS) is 12.9. The van der Waals surface area contributed by atoms with E-state index in [1.165, 1.54) is 0 Å². The second-order valence-electron chi connectivity index (χ2n) is 7.21. The minimum Gasteiger partial charge on any atom is -0.428 e. The summed E-state index contributed by atoms with van der Waals surface area (Å²) in [7, 11) is 0. The number of aromatic nitrogens is 1. The molecule has 0 bridgehead atoms. The second kappa shape index (κ2) is 6.83. The lowest BCUT2D eigenvalue weighted by Crippen LogP contribution is -2.29. The molecule has 1 unspecified atom stereocenters. The van der Waals surface area contributed by atoms with Gasteiger partial charge >= 0.3 is 12.1 Å². The maximum atomic E-state index is 12.7. The van der Waals surface area contributed by atoms with E-state index in [9.17, 15) is 9.59 Å². The summed E-state index contributed by atoms with van der Waals surface area (Å²) in [6.45, 7) is 7.07. The first kappa shape index (κ1) is 18.0. The van der Waals surface area contributed by atoms with Crippen molar-refractivity contribution in [1.29, 1.82) is 0 Å². The Hall–Kier alpha value is -2.82. The fourth-order valence-corrected chi connectivity index (χ4v) is 3.16. The summed E-state index contributed by atoms with van der Waals surface area (Å²) in [4.78, 5) is 24.6. The molecular formula is C21H23NO4. The van der Waals surface area contributed by atoms with Crippen LogP contribution in [0.2, 0.25) is 0 Å². The molecular weight excluding hydrogens is 330 g/mol. The summed E-state index contributed by atoms with van der Waals surface area (Å²) in [5.41, 5.74) is 1.15. The van der Waals surface area contributed by atoms with E-state index in [-0.39, 0.29) is 0 Å². The summed E-state index contributed by atoms with van der Waals surface area (Å²) >= 11 is 0. The van der Waals surface area contributed by atoms with Crippen molar-refractivity contribution in [1.82, 2.24) is 4.57 Å². The quantitative estimate of drug-likeness (QED) is 0.478. The Kier molecular flexibility index (Phi) is 4.72. The Morgan fingerprint density at radius 1 is 0.962 bits per heavy atom. The van der Waals surface area contributed by atoms with Gasteiger partial charge in [0.2, 0.25) is 0 Å². The fraction of sp³-hybridized carbons (Fsp3) is 0.333. The van der Waals surface area contributed by atoms with Crippen LogP contribution < -0.4 is 0 Å². The largest absolute Gasteiger partial charge is 0.516 e. The van der Waals surface area contributed by atoms with Gasteiger partial charge in [0.1, 0.15) is 11.6 Å². The van der Waals surface area contributed by atoms with E-state index in [1.807, 2.05) is 60.0 Å². The van der Waals surface area contributed by atoms with Crippen molar-refractivity contribution in [3.63, 3.8) is 0 Å². The van der Waals surface area contributed by atoms with E-state index < -0.39 is 23.8 Å². The van der Waals surface area contributed by atoms with Crippen molar-refractivity contribution in [3.05, 3.63) is 48.5 Å².